The summed E-state index contributed by atoms with van der Waals surface area (Å²) in [6.07, 6.45) is 4.26. The highest BCUT2D eigenvalue weighted by Gasteiger charge is 2.38. The largest absolute Gasteiger partial charge is 0.317 e. The van der Waals surface area contributed by atoms with Crippen LogP contribution < -0.4 is 5.32 Å². The lowest BCUT2D eigenvalue weighted by Crippen LogP contribution is -2.38. The maximum absolute atomic E-state index is 3.48. The van der Waals surface area contributed by atoms with Gasteiger partial charge >= 0.3 is 0 Å². The van der Waals surface area contributed by atoms with E-state index in [1.807, 2.05) is 0 Å². The van der Waals surface area contributed by atoms with E-state index in [1.165, 1.54) is 63.5 Å². The first-order chi connectivity index (χ1) is 7.35. The molecule has 0 aromatic carbocycles. The molecule has 2 rings (SSSR count). The SMILES string of the molecule is CCSCCN1CCC2(CCNCC2)C1.Cl. The Morgan fingerprint density at radius 3 is 2.69 bits per heavy atom. The molecule has 0 unspecified atom stereocenters. The molecule has 1 spiro atoms. The average molecular weight is 265 g/mol. The smallest absolute Gasteiger partial charge is 0.00726 e. The number of rotatable bonds is 4. The average Bonchev–Trinajstić information content (AvgIpc) is 2.63. The molecule has 2 aliphatic heterocycles. The van der Waals surface area contributed by atoms with Crippen molar-refractivity contribution in [3.8, 4) is 0 Å². The third kappa shape index (κ3) is 3.80. The van der Waals surface area contributed by atoms with Gasteiger partial charge in [0.2, 0.25) is 0 Å². The Morgan fingerprint density at radius 2 is 2.00 bits per heavy atom. The minimum absolute atomic E-state index is 0. The van der Waals surface area contributed by atoms with Crippen LogP contribution in [0.5, 0.6) is 0 Å². The van der Waals surface area contributed by atoms with Crippen LogP contribution in [-0.4, -0.2) is 49.1 Å². The molecule has 2 nitrogen and oxygen atoms in total. The summed E-state index contributed by atoms with van der Waals surface area (Å²) in [5, 5.41) is 3.48. The van der Waals surface area contributed by atoms with Crippen molar-refractivity contribution in [2.24, 2.45) is 5.41 Å². The van der Waals surface area contributed by atoms with Gasteiger partial charge in [-0.15, -0.1) is 12.4 Å². The Hall–Kier alpha value is 0.560. The Morgan fingerprint density at radius 1 is 1.25 bits per heavy atom. The predicted octanol–water partition coefficient (Wildman–Crippen LogP) is 2.24. The topological polar surface area (TPSA) is 15.3 Å². The second-order valence-electron chi connectivity index (χ2n) is 4.97. The van der Waals surface area contributed by atoms with E-state index in [1.54, 1.807) is 0 Å². The van der Waals surface area contributed by atoms with E-state index < -0.39 is 0 Å². The molecule has 1 N–H and O–H groups in total. The molecule has 0 atom stereocenters. The Balaban J connectivity index is 0.00000128. The molecule has 0 aliphatic carbocycles. The van der Waals surface area contributed by atoms with Gasteiger partial charge in [-0.1, -0.05) is 6.92 Å². The molecule has 4 heteroatoms. The zero-order chi connectivity index (χ0) is 10.6. The van der Waals surface area contributed by atoms with Crippen LogP contribution in [0.25, 0.3) is 0 Å². The van der Waals surface area contributed by atoms with Gasteiger partial charge < -0.3 is 10.2 Å². The third-order valence-corrected chi connectivity index (χ3v) is 4.82. The highest BCUT2D eigenvalue weighted by Crippen LogP contribution is 2.38. The highest BCUT2D eigenvalue weighted by atomic mass is 35.5. The van der Waals surface area contributed by atoms with Gasteiger partial charge in [0.1, 0.15) is 0 Å². The number of hydrogen-bond acceptors (Lipinski definition) is 3. The lowest BCUT2D eigenvalue weighted by molar-refractivity contribution is 0.200. The van der Waals surface area contributed by atoms with Crippen molar-refractivity contribution in [2.45, 2.75) is 26.2 Å². The van der Waals surface area contributed by atoms with Crippen LogP contribution in [0.15, 0.2) is 0 Å². The van der Waals surface area contributed by atoms with E-state index in [2.05, 4.69) is 28.9 Å². The molecule has 2 aliphatic rings. The molecule has 0 saturated carbocycles. The molecule has 0 aromatic heterocycles. The summed E-state index contributed by atoms with van der Waals surface area (Å²) in [7, 11) is 0. The van der Waals surface area contributed by atoms with Gasteiger partial charge in [-0.3, -0.25) is 0 Å². The van der Waals surface area contributed by atoms with Crippen molar-refractivity contribution < 1.29 is 0 Å². The third-order valence-electron chi connectivity index (χ3n) is 3.94. The molecule has 16 heavy (non-hydrogen) atoms. The second-order valence-corrected chi connectivity index (χ2v) is 6.37. The lowest BCUT2D eigenvalue weighted by atomic mass is 9.78. The van der Waals surface area contributed by atoms with Crippen molar-refractivity contribution >= 4 is 24.2 Å². The number of likely N-dealkylation sites (tertiary alicyclic amines) is 1. The Labute approximate surface area is 110 Å². The maximum Gasteiger partial charge on any atom is 0.00726 e. The molecule has 2 saturated heterocycles. The fourth-order valence-electron chi connectivity index (χ4n) is 2.92. The van der Waals surface area contributed by atoms with Gasteiger partial charge in [-0.05, 0) is 50.1 Å². The van der Waals surface area contributed by atoms with E-state index in [4.69, 9.17) is 0 Å². The van der Waals surface area contributed by atoms with Crippen LogP contribution in [-0.2, 0) is 0 Å². The maximum atomic E-state index is 3.48. The highest BCUT2D eigenvalue weighted by molar-refractivity contribution is 7.99. The molecular formula is C12H25ClN2S. The Kier molecular flexibility index (Phi) is 6.48. The summed E-state index contributed by atoms with van der Waals surface area (Å²) < 4.78 is 0. The van der Waals surface area contributed by atoms with Crippen LogP contribution in [0.4, 0.5) is 0 Å². The first-order valence-corrected chi connectivity index (χ1v) is 7.51. The number of halogens is 1. The fraction of sp³-hybridized carbons (Fsp3) is 1.00. The summed E-state index contributed by atoms with van der Waals surface area (Å²) in [5.41, 5.74) is 0.697. The summed E-state index contributed by atoms with van der Waals surface area (Å²) >= 11 is 2.08. The van der Waals surface area contributed by atoms with Gasteiger partial charge in [0.25, 0.3) is 0 Å². The number of thioether (sulfide) groups is 1. The molecule has 0 amide bonds. The zero-order valence-corrected chi connectivity index (χ0v) is 12.0. The van der Waals surface area contributed by atoms with Crippen LogP contribution in [0.3, 0.4) is 0 Å². The molecule has 2 fully saturated rings. The number of hydrogen-bond donors (Lipinski definition) is 1. The minimum atomic E-state index is 0. The van der Waals surface area contributed by atoms with Crippen LogP contribution in [0.2, 0.25) is 0 Å². The van der Waals surface area contributed by atoms with Crippen molar-refractivity contribution in [3.63, 3.8) is 0 Å². The first-order valence-electron chi connectivity index (χ1n) is 6.35. The lowest BCUT2D eigenvalue weighted by Gasteiger charge is -2.33. The number of piperidine rings is 1. The van der Waals surface area contributed by atoms with Gasteiger partial charge in [0.05, 0.1) is 0 Å². The van der Waals surface area contributed by atoms with E-state index in [-0.39, 0.29) is 12.4 Å². The Bertz CT molecular complexity index is 193. The van der Waals surface area contributed by atoms with Gasteiger partial charge in [0.15, 0.2) is 0 Å². The zero-order valence-electron chi connectivity index (χ0n) is 10.3. The molecule has 96 valence electrons. The standard InChI is InChI=1S/C12H24N2S.ClH/c1-2-15-10-9-14-8-5-12(11-14)3-6-13-7-4-12;/h13H,2-11H2,1H3;1H. The summed E-state index contributed by atoms with van der Waals surface area (Å²) in [5.74, 6) is 2.59. The van der Waals surface area contributed by atoms with Gasteiger partial charge in [-0.25, -0.2) is 0 Å². The van der Waals surface area contributed by atoms with Crippen molar-refractivity contribution in [1.82, 2.24) is 10.2 Å². The van der Waals surface area contributed by atoms with E-state index in [0.29, 0.717) is 5.41 Å². The van der Waals surface area contributed by atoms with Crippen molar-refractivity contribution in [2.75, 3.05) is 44.2 Å². The van der Waals surface area contributed by atoms with E-state index in [0.717, 1.165) is 0 Å². The van der Waals surface area contributed by atoms with Crippen LogP contribution >= 0.6 is 24.2 Å². The molecule has 0 bridgehead atoms. The summed E-state index contributed by atoms with van der Waals surface area (Å²) in [4.78, 5) is 2.69. The second kappa shape index (κ2) is 7.10. The van der Waals surface area contributed by atoms with Gasteiger partial charge in [-0.2, -0.15) is 11.8 Å². The predicted molar refractivity (Wildman–Crippen MR) is 75.8 cm³/mol. The fourth-order valence-corrected chi connectivity index (χ4v) is 3.60. The minimum Gasteiger partial charge on any atom is -0.317 e. The van der Waals surface area contributed by atoms with E-state index in [9.17, 15) is 0 Å². The van der Waals surface area contributed by atoms with Crippen LogP contribution in [0, 0.1) is 5.41 Å². The summed E-state index contributed by atoms with van der Waals surface area (Å²) in [6.45, 7) is 8.79. The first kappa shape index (κ1) is 14.6. The number of nitrogens with one attached hydrogen (secondary N) is 1. The van der Waals surface area contributed by atoms with Crippen molar-refractivity contribution in [1.29, 1.82) is 0 Å². The molecule has 0 radical (unpaired) electrons. The number of nitrogens with zero attached hydrogens (tertiary/aromatic N) is 1. The van der Waals surface area contributed by atoms with Crippen molar-refractivity contribution in [3.05, 3.63) is 0 Å². The van der Waals surface area contributed by atoms with E-state index >= 15 is 0 Å². The quantitative estimate of drug-likeness (QED) is 0.784. The molecule has 0 aromatic rings. The normalized spacial score (nSPS) is 24.6. The molecule has 2 heterocycles. The van der Waals surface area contributed by atoms with Crippen LogP contribution in [0.1, 0.15) is 26.2 Å². The summed E-state index contributed by atoms with van der Waals surface area (Å²) in [6, 6.07) is 0. The molecular weight excluding hydrogens is 240 g/mol. The van der Waals surface area contributed by atoms with Gasteiger partial charge in [0, 0.05) is 18.8 Å². The monoisotopic (exact) mass is 264 g/mol.